The molecule has 0 aliphatic rings. The molecule has 8 heteroatoms. The van der Waals surface area contributed by atoms with E-state index < -0.39 is 5.60 Å². The molecule has 0 fully saturated rings. The summed E-state index contributed by atoms with van der Waals surface area (Å²) in [5, 5.41) is 5.35. The summed E-state index contributed by atoms with van der Waals surface area (Å²) in [6.45, 7) is 8.92. The van der Waals surface area contributed by atoms with Crippen molar-refractivity contribution in [1.82, 2.24) is 14.5 Å². The summed E-state index contributed by atoms with van der Waals surface area (Å²) in [4.78, 5) is 21.2. The average molecular weight is 415 g/mol. The van der Waals surface area contributed by atoms with Gasteiger partial charge in [-0.05, 0) is 52.0 Å². The molecule has 3 aromatic heterocycles. The number of nitrogens with one attached hydrogen (secondary N) is 1. The number of hydrogen-bond donors (Lipinski definition) is 1. The quantitative estimate of drug-likeness (QED) is 0.564. The molecule has 3 aromatic rings. The third-order valence-electron chi connectivity index (χ3n) is 4.18. The van der Waals surface area contributed by atoms with Crippen LogP contribution in [0.2, 0.25) is 0 Å². The van der Waals surface area contributed by atoms with Crippen LogP contribution < -0.4 is 10.1 Å². The molecule has 0 saturated heterocycles. The zero-order chi connectivity index (χ0) is 20.9. The first-order valence-electron chi connectivity index (χ1n) is 9.48. The Labute approximate surface area is 174 Å². The molecule has 1 N–H and O–H groups in total. The summed E-state index contributed by atoms with van der Waals surface area (Å²) in [5.41, 5.74) is 0.837. The Hall–Kier alpha value is -2.71. The highest BCUT2D eigenvalue weighted by molar-refractivity contribution is 7.14. The van der Waals surface area contributed by atoms with Crippen LogP contribution in [0, 0.1) is 0 Å². The number of amides is 1. The lowest BCUT2D eigenvalue weighted by Gasteiger charge is -2.25. The van der Waals surface area contributed by atoms with E-state index in [-0.39, 0.29) is 12.0 Å². The summed E-state index contributed by atoms with van der Waals surface area (Å²) in [6.07, 6.45) is 5.30. The molecule has 0 aliphatic heterocycles. The number of nitrogens with zero attached hydrogens (tertiary/aromatic N) is 3. The Kier molecular flexibility index (Phi) is 6.66. The van der Waals surface area contributed by atoms with Crippen LogP contribution in [-0.4, -0.2) is 33.2 Å². The molecule has 0 radical (unpaired) electrons. The fourth-order valence-corrected chi connectivity index (χ4v) is 3.79. The van der Waals surface area contributed by atoms with Crippen LogP contribution in [0.15, 0.2) is 48.2 Å². The molecule has 0 aromatic carbocycles. The van der Waals surface area contributed by atoms with Gasteiger partial charge in [0.25, 0.3) is 5.91 Å². The van der Waals surface area contributed by atoms with Crippen molar-refractivity contribution in [2.24, 2.45) is 0 Å². The van der Waals surface area contributed by atoms with Crippen LogP contribution in [0.3, 0.4) is 0 Å². The first kappa shape index (κ1) is 21.0. The molecule has 154 valence electrons. The normalized spacial score (nSPS) is 11.6. The van der Waals surface area contributed by atoms with Gasteiger partial charge in [0.05, 0.1) is 18.3 Å². The fraction of sp³-hybridized carbons (Fsp3) is 0.381. The van der Waals surface area contributed by atoms with Crippen LogP contribution in [0.4, 0.5) is 5.13 Å². The zero-order valence-corrected chi connectivity index (χ0v) is 17.9. The number of rotatable bonds is 9. The number of carbonyl (C=O) groups is 1. The number of ether oxygens (including phenoxy) is 2. The van der Waals surface area contributed by atoms with Crippen LogP contribution in [-0.2, 0) is 16.9 Å². The molecule has 0 saturated carbocycles. The van der Waals surface area contributed by atoms with Crippen LogP contribution in [0.25, 0.3) is 0 Å². The number of pyridine rings is 1. The Morgan fingerprint density at radius 1 is 1.28 bits per heavy atom. The summed E-state index contributed by atoms with van der Waals surface area (Å²) in [5.74, 6) is 0.544. The maximum atomic E-state index is 12.7. The van der Waals surface area contributed by atoms with Crippen molar-refractivity contribution in [3.05, 3.63) is 59.6 Å². The topological polar surface area (TPSA) is 78.3 Å². The molecule has 1 amide bonds. The van der Waals surface area contributed by atoms with Crippen LogP contribution in [0.1, 0.15) is 43.9 Å². The Morgan fingerprint density at radius 2 is 2.03 bits per heavy atom. The van der Waals surface area contributed by atoms with Crippen molar-refractivity contribution in [1.29, 1.82) is 0 Å². The summed E-state index contributed by atoms with van der Waals surface area (Å²) in [6, 6.07) is 7.22. The Morgan fingerprint density at radius 3 is 2.76 bits per heavy atom. The highest BCUT2D eigenvalue weighted by Gasteiger charge is 2.26. The molecular weight excluding hydrogens is 388 g/mol. The SMILES string of the molecule is CC(C)OC(C)(C)c1csc(NC(=O)c2cccn2CCOc2ccncc2)n1. The first-order valence-corrected chi connectivity index (χ1v) is 10.4. The van der Waals surface area contributed by atoms with Crippen LogP contribution in [0.5, 0.6) is 5.75 Å². The molecule has 0 spiro atoms. The van der Waals surface area contributed by atoms with E-state index in [9.17, 15) is 4.79 Å². The van der Waals surface area contributed by atoms with E-state index in [2.05, 4.69) is 15.3 Å². The first-order chi connectivity index (χ1) is 13.8. The number of hydrogen-bond acceptors (Lipinski definition) is 6. The highest BCUT2D eigenvalue weighted by atomic mass is 32.1. The molecule has 0 aliphatic carbocycles. The van der Waals surface area contributed by atoms with Gasteiger partial charge in [0.15, 0.2) is 5.13 Å². The van der Waals surface area contributed by atoms with Crippen LogP contribution >= 0.6 is 11.3 Å². The maximum absolute atomic E-state index is 12.7. The van der Waals surface area contributed by atoms with E-state index in [4.69, 9.17) is 9.47 Å². The second kappa shape index (κ2) is 9.19. The van der Waals surface area contributed by atoms with Crippen molar-refractivity contribution < 1.29 is 14.3 Å². The molecule has 3 rings (SSSR count). The molecule has 7 nitrogen and oxygen atoms in total. The third kappa shape index (κ3) is 5.65. The largest absolute Gasteiger partial charge is 0.492 e. The smallest absolute Gasteiger partial charge is 0.274 e. The van der Waals surface area contributed by atoms with Gasteiger partial charge in [0.2, 0.25) is 0 Å². The van der Waals surface area contributed by atoms with Gasteiger partial charge in [-0.1, -0.05) is 0 Å². The van der Waals surface area contributed by atoms with Gasteiger partial charge in [-0.3, -0.25) is 15.1 Å². The lowest BCUT2D eigenvalue weighted by molar-refractivity contribution is -0.0623. The zero-order valence-electron chi connectivity index (χ0n) is 17.1. The lowest BCUT2D eigenvalue weighted by atomic mass is 10.1. The summed E-state index contributed by atoms with van der Waals surface area (Å²) in [7, 11) is 0. The Bertz CT molecular complexity index is 934. The minimum atomic E-state index is -0.516. The second-order valence-corrected chi connectivity index (χ2v) is 8.15. The highest BCUT2D eigenvalue weighted by Crippen LogP contribution is 2.29. The minimum Gasteiger partial charge on any atom is -0.492 e. The van der Waals surface area contributed by atoms with Crippen molar-refractivity contribution in [3.63, 3.8) is 0 Å². The van der Waals surface area contributed by atoms with E-state index in [1.807, 2.05) is 49.9 Å². The fourth-order valence-electron chi connectivity index (χ4n) is 2.93. The van der Waals surface area contributed by atoms with Gasteiger partial charge in [0.1, 0.15) is 23.7 Å². The molecule has 29 heavy (non-hydrogen) atoms. The molecule has 0 bridgehead atoms. The minimum absolute atomic E-state index is 0.0855. The van der Waals surface area contributed by atoms with Crippen molar-refractivity contribution in [2.75, 3.05) is 11.9 Å². The third-order valence-corrected chi connectivity index (χ3v) is 4.94. The standard InChI is InChI=1S/C21H26N4O3S/c1-15(2)28-21(3,4)18-14-29-20(23-18)24-19(26)17-6-5-11-25(17)12-13-27-16-7-9-22-10-8-16/h5-11,14-15H,12-13H2,1-4H3,(H,23,24,26). The van der Waals surface area contributed by atoms with Gasteiger partial charge < -0.3 is 14.0 Å². The van der Waals surface area contributed by atoms with E-state index >= 15 is 0 Å². The van der Waals surface area contributed by atoms with E-state index in [0.29, 0.717) is 24.0 Å². The monoisotopic (exact) mass is 414 g/mol. The number of thiazole rings is 1. The van der Waals surface area contributed by atoms with E-state index in [0.717, 1.165) is 11.4 Å². The number of carbonyl (C=O) groups excluding carboxylic acids is 1. The maximum Gasteiger partial charge on any atom is 0.274 e. The van der Waals surface area contributed by atoms with Crippen molar-refractivity contribution >= 4 is 22.4 Å². The van der Waals surface area contributed by atoms with Gasteiger partial charge in [0, 0.05) is 24.0 Å². The Balaban J connectivity index is 1.60. The summed E-state index contributed by atoms with van der Waals surface area (Å²) < 4.78 is 13.5. The van der Waals surface area contributed by atoms with Gasteiger partial charge in [-0.25, -0.2) is 4.98 Å². The predicted octanol–water partition coefficient (Wildman–Crippen LogP) is 4.33. The number of anilines is 1. The molecule has 3 heterocycles. The van der Waals surface area contributed by atoms with Gasteiger partial charge >= 0.3 is 0 Å². The molecule has 0 unspecified atom stereocenters. The predicted molar refractivity (Wildman–Crippen MR) is 113 cm³/mol. The van der Waals surface area contributed by atoms with E-state index in [1.165, 1.54) is 11.3 Å². The summed E-state index contributed by atoms with van der Waals surface area (Å²) >= 11 is 1.39. The van der Waals surface area contributed by atoms with Gasteiger partial charge in [-0.15, -0.1) is 11.3 Å². The molecule has 0 atom stereocenters. The van der Waals surface area contributed by atoms with Gasteiger partial charge in [-0.2, -0.15) is 0 Å². The van der Waals surface area contributed by atoms with Crippen molar-refractivity contribution in [2.45, 2.75) is 45.9 Å². The second-order valence-electron chi connectivity index (χ2n) is 7.29. The molecular formula is C21H26N4O3S. The average Bonchev–Trinajstić information content (AvgIpc) is 3.31. The number of aromatic nitrogens is 3. The van der Waals surface area contributed by atoms with E-state index in [1.54, 1.807) is 30.6 Å². The van der Waals surface area contributed by atoms with Crippen molar-refractivity contribution in [3.8, 4) is 5.75 Å². The lowest BCUT2D eigenvalue weighted by Crippen LogP contribution is -2.26.